The molecule has 1 N–H and O–H groups in total. The molecule has 0 unspecified atom stereocenters. The Labute approximate surface area is 173 Å². The van der Waals surface area contributed by atoms with Crippen LogP contribution in [0.3, 0.4) is 0 Å². The van der Waals surface area contributed by atoms with Crippen molar-refractivity contribution in [1.29, 1.82) is 0 Å². The maximum atomic E-state index is 13.3. The van der Waals surface area contributed by atoms with E-state index in [4.69, 9.17) is 0 Å². The lowest BCUT2D eigenvalue weighted by Crippen LogP contribution is -2.57. The summed E-state index contributed by atoms with van der Waals surface area (Å²) in [4.78, 5) is 43.5. The molecule has 0 radical (unpaired) electrons. The van der Waals surface area contributed by atoms with Crippen molar-refractivity contribution in [3.8, 4) is 0 Å². The van der Waals surface area contributed by atoms with Crippen molar-refractivity contribution in [3.63, 3.8) is 0 Å². The average Bonchev–Trinajstić information content (AvgIpc) is 2.69. The SMILES string of the molecule is CC(C)CCNC(=O)CN1C(=O)[C@H]2CCCCN2c2ccc(C(=O)N(C)C)cc21. The highest BCUT2D eigenvalue weighted by Gasteiger charge is 2.40. The molecule has 0 saturated carbocycles. The van der Waals surface area contributed by atoms with Gasteiger partial charge in [-0.25, -0.2) is 0 Å². The molecule has 0 bridgehead atoms. The quantitative estimate of drug-likeness (QED) is 0.795. The number of hydrogen-bond donors (Lipinski definition) is 1. The summed E-state index contributed by atoms with van der Waals surface area (Å²) in [5, 5.41) is 2.92. The zero-order valence-electron chi connectivity index (χ0n) is 17.9. The first-order valence-electron chi connectivity index (χ1n) is 10.5. The van der Waals surface area contributed by atoms with Crippen LogP contribution in [0.1, 0.15) is 49.9 Å². The van der Waals surface area contributed by atoms with E-state index in [1.54, 1.807) is 25.1 Å². The fraction of sp³-hybridized carbons (Fsp3) is 0.591. The van der Waals surface area contributed by atoms with Crippen LogP contribution in [-0.4, -0.2) is 62.4 Å². The Morgan fingerprint density at radius 1 is 1.21 bits per heavy atom. The molecule has 1 aromatic carbocycles. The first-order chi connectivity index (χ1) is 13.8. The molecule has 7 nitrogen and oxygen atoms in total. The van der Waals surface area contributed by atoms with Crippen LogP contribution in [0, 0.1) is 5.92 Å². The van der Waals surface area contributed by atoms with Gasteiger partial charge in [0.15, 0.2) is 0 Å². The molecule has 2 aliphatic rings. The van der Waals surface area contributed by atoms with Gasteiger partial charge in [0.1, 0.15) is 12.6 Å². The molecule has 1 saturated heterocycles. The number of hydrogen-bond acceptors (Lipinski definition) is 4. The Hall–Kier alpha value is -2.57. The lowest BCUT2D eigenvalue weighted by Gasteiger charge is -2.45. The molecule has 1 fully saturated rings. The summed E-state index contributed by atoms with van der Waals surface area (Å²) in [6.07, 6.45) is 3.74. The van der Waals surface area contributed by atoms with Crippen LogP contribution in [0.4, 0.5) is 11.4 Å². The van der Waals surface area contributed by atoms with E-state index in [-0.39, 0.29) is 30.3 Å². The first-order valence-corrected chi connectivity index (χ1v) is 10.5. The number of anilines is 2. The Balaban J connectivity index is 1.90. The summed E-state index contributed by atoms with van der Waals surface area (Å²) in [5.74, 6) is 0.162. The fourth-order valence-electron chi connectivity index (χ4n) is 4.01. The molecule has 0 aromatic heterocycles. The van der Waals surface area contributed by atoms with Gasteiger partial charge < -0.3 is 15.1 Å². The van der Waals surface area contributed by atoms with Gasteiger partial charge in [0, 0.05) is 32.7 Å². The summed E-state index contributed by atoms with van der Waals surface area (Å²) in [6, 6.07) is 5.25. The van der Waals surface area contributed by atoms with Gasteiger partial charge in [-0.1, -0.05) is 13.8 Å². The number of nitrogens with one attached hydrogen (secondary N) is 1. The van der Waals surface area contributed by atoms with E-state index in [2.05, 4.69) is 24.1 Å². The smallest absolute Gasteiger partial charge is 0.253 e. The number of fused-ring (bicyclic) bond motifs is 3. The van der Waals surface area contributed by atoms with Gasteiger partial charge in [0.05, 0.1) is 11.4 Å². The number of carbonyl (C=O) groups is 3. The van der Waals surface area contributed by atoms with Crippen molar-refractivity contribution >= 4 is 29.1 Å². The van der Waals surface area contributed by atoms with Gasteiger partial charge in [-0.3, -0.25) is 19.3 Å². The highest BCUT2D eigenvalue weighted by molar-refractivity contribution is 6.09. The molecule has 158 valence electrons. The molecule has 3 amide bonds. The van der Waals surface area contributed by atoms with Gasteiger partial charge in [-0.05, 0) is 49.8 Å². The highest BCUT2D eigenvalue weighted by Crippen LogP contribution is 2.40. The average molecular weight is 401 g/mol. The third kappa shape index (κ3) is 4.54. The lowest BCUT2D eigenvalue weighted by molar-refractivity contribution is -0.125. The van der Waals surface area contributed by atoms with E-state index in [0.717, 1.165) is 37.9 Å². The minimum Gasteiger partial charge on any atom is -0.358 e. The zero-order chi connectivity index (χ0) is 21.1. The molecule has 2 heterocycles. The summed E-state index contributed by atoms with van der Waals surface area (Å²) >= 11 is 0. The Morgan fingerprint density at radius 2 is 1.97 bits per heavy atom. The van der Waals surface area contributed by atoms with Crippen LogP contribution in [0.2, 0.25) is 0 Å². The molecular weight excluding hydrogens is 368 g/mol. The molecule has 1 atom stereocenters. The van der Waals surface area contributed by atoms with Crippen molar-refractivity contribution < 1.29 is 14.4 Å². The van der Waals surface area contributed by atoms with Gasteiger partial charge in [0.25, 0.3) is 5.91 Å². The van der Waals surface area contributed by atoms with Crippen molar-refractivity contribution in [2.45, 2.75) is 45.6 Å². The Bertz CT molecular complexity index is 790. The molecule has 1 aromatic rings. The van der Waals surface area contributed by atoms with Gasteiger partial charge >= 0.3 is 0 Å². The molecule has 2 aliphatic heterocycles. The Kier molecular flexibility index (Phi) is 6.45. The third-order valence-corrected chi connectivity index (χ3v) is 5.63. The van der Waals surface area contributed by atoms with E-state index >= 15 is 0 Å². The third-order valence-electron chi connectivity index (χ3n) is 5.63. The summed E-state index contributed by atoms with van der Waals surface area (Å²) in [6.45, 7) is 5.61. The van der Waals surface area contributed by atoms with Gasteiger partial charge in [-0.15, -0.1) is 0 Å². The second kappa shape index (κ2) is 8.84. The van der Waals surface area contributed by atoms with Crippen molar-refractivity contribution in [3.05, 3.63) is 23.8 Å². The standard InChI is InChI=1S/C22H32N4O3/c1-15(2)10-11-23-20(27)14-26-19-13-16(21(28)24(3)4)8-9-17(19)25-12-6-5-7-18(25)22(26)29/h8-9,13,15,18H,5-7,10-12,14H2,1-4H3,(H,23,27)/t18-/m1/s1. The normalized spacial score (nSPS) is 18.4. The largest absolute Gasteiger partial charge is 0.358 e. The van der Waals surface area contributed by atoms with Crippen LogP contribution in [0.15, 0.2) is 18.2 Å². The predicted octanol–water partition coefficient (Wildman–Crippen LogP) is 2.26. The number of piperidine rings is 1. The van der Waals surface area contributed by atoms with Crippen molar-refractivity contribution in [1.82, 2.24) is 10.2 Å². The molecule has 3 rings (SSSR count). The summed E-state index contributed by atoms with van der Waals surface area (Å²) in [5.41, 5.74) is 2.10. The lowest BCUT2D eigenvalue weighted by atomic mass is 9.95. The maximum Gasteiger partial charge on any atom is 0.253 e. The first kappa shape index (κ1) is 21.1. The molecule has 0 aliphatic carbocycles. The zero-order valence-corrected chi connectivity index (χ0v) is 17.9. The molecular formula is C22H32N4O3. The monoisotopic (exact) mass is 400 g/mol. The summed E-state index contributed by atoms with van der Waals surface area (Å²) < 4.78 is 0. The second-order valence-corrected chi connectivity index (χ2v) is 8.56. The maximum absolute atomic E-state index is 13.3. The van der Waals surface area contributed by atoms with Crippen molar-refractivity contribution in [2.24, 2.45) is 5.92 Å². The van der Waals surface area contributed by atoms with E-state index < -0.39 is 0 Å². The molecule has 7 heteroatoms. The van der Waals surface area contributed by atoms with E-state index in [0.29, 0.717) is 23.7 Å². The van der Waals surface area contributed by atoms with E-state index in [1.165, 1.54) is 4.90 Å². The molecule has 29 heavy (non-hydrogen) atoms. The number of amides is 3. The topological polar surface area (TPSA) is 73.0 Å². The Morgan fingerprint density at radius 3 is 2.66 bits per heavy atom. The van der Waals surface area contributed by atoms with Crippen LogP contribution in [0.5, 0.6) is 0 Å². The summed E-state index contributed by atoms with van der Waals surface area (Å²) in [7, 11) is 3.40. The molecule has 0 spiro atoms. The van der Waals surface area contributed by atoms with E-state index in [9.17, 15) is 14.4 Å². The fourth-order valence-corrected chi connectivity index (χ4v) is 4.01. The number of nitrogens with zero attached hydrogens (tertiary/aromatic N) is 3. The number of carbonyl (C=O) groups excluding carboxylic acids is 3. The minimum atomic E-state index is -0.227. The van der Waals surface area contributed by atoms with E-state index in [1.807, 2.05) is 12.1 Å². The van der Waals surface area contributed by atoms with Gasteiger partial charge in [-0.2, -0.15) is 0 Å². The van der Waals surface area contributed by atoms with Crippen LogP contribution >= 0.6 is 0 Å². The highest BCUT2D eigenvalue weighted by atomic mass is 16.2. The van der Waals surface area contributed by atoms with Crippen LogP contribution in [0.25, 0.3) is 0 Å². The van der Waals surface area contributed by atoms with Crippen LogP contribution < -0.4 is 15.1 Å². The predicted molar refractivity (Wildman–Crippen MR) is 114 cm³/mol. The minimum absolute atomic E-state index is 0.0200. The number of rotatable bonds is 6. The van der Waals surface area contributed by atoms with Gasteiger partial charge in [0.2, 0.25) is 11.8 Å². The number of benzene rings is 1. The van der Waals surface area contributed by atoms with Crippen molar-refractivity contribution in [2.75, 3.05) is 43.5 Å². The second-order valence-electron chi connectivity index (χ2n) is 8.56. The van der Waals surface area contributed by atoms with Crippen LogP contribution in [-0.2, 0) is 9.59 Å².